The topological polar surface area (TPSA) is 65.5 Å². The molecule has 0 aliphatic carbocycles. The van der Waals surface area contributed by atoms with Crippen molar-refractivity contribution in [1.82, 2.24) is 15.2 Å². The van der Waals surface area contributed by atoms with Gasteiger partial charge in [-0.25, -0.2) is 0 Å². The van der Waals surface area contributed by atoms with Crippen LogP contribution in [0.1, 0.15) is 22.3 Å². The van der Waals surface area contributed by atoms with Gasteiger partial charge in [0.2, 0.25) is 0 Å². The van der Waals surface area contributed by atoms with E-state index in [2.05, 4.69) is 39.5 Å². The normalized spacial score (nSPS) is 20.5. The predicted octanol–water partition coefficient (Wildman–Crippen LogP) is 1.74. The van der Waals surface area contributed by atoms with Crippen LogP contribution in [0.5, 0.6) is 0 Å². The molecule has 1 saturated heterocycles. The van der Waals surface area contributed by atoms with Crippen molar-refractivity contribution in [1.29, 1.82) is 0 Å². The second-order valence-electron chi connectivity index (χ2n) is 6.61. The molecule has 0 unspecified atom stereocenters. The monoisotopic (exact) mass is 339 g/mol. The molecule has 1 amide bonds. The second kappa shape index (κ2) is 8.74. The lowest BCUT2D eigenvalue weighted by atomic mass is 10.0. The van der Waals surface area contributed by atoms with Gasteiger partial charge in [0.1, 0.15) is 0 Å². The third-order valence-corrected chi connectivity index (χ3v) is 4.77. The van der Waals surface area contributed by atoms with Crippen LogP contribution in [0.15, 0.2) is 54.9 Å². The molecule has 5 heteroatoms. The van der Waals surface area contributed by atoms with Crippen molar-refractivity contribution in [2.24, 2.45) is 5.92 Å². The fourth-order valence-electron chi connectivity index (χ4n) is 3.39. The van der Waals surface area contributed by atoms with Gasteiger partial charge in [-0.1, -0.05) is 30.3 Å². The molecular weight excluding hydrogens is 314 g/mol. The van der Waals surface area contributed by atoms with E-state index in [1.807, 2.05) is 6.07 Å². The Kier molecular flexibility index (Phi) is 6.14. The highest BCUT2D eigenvalue weighted by Gasteiger charge is 2.33. The van der Waals surface area contributed by atoms with Gasteiger partial charge in [-0.2, -0.15) is 0 Å². The van der Waals surface area contributed by atoms with Crippen LogP contribution < -0.4 is 5.32 Å². The van der Waals surface area contributed by atoms with Crippen LogP contribution in [-0.4, -0.2) is 53.2 Å². The van der Waals surface area contributed by atoms with Crippen molar-refractivity contribution in [3.63, 3.8) is 0 Å². The Hall–Kier alpha value is -2.24. The summed E-state index contributed by atoms with van der Waals surface area (Å²) in [4.78, 5) is 18.6. The minimum atomic E-state index is -0.123. The van der Waals surface area contributed by atoms with E-state index in [-0.39, 0.29) is 24.5 Å². The highest BCUT2D eigenvalue weighted by Crippen LogP contribution is 2.18. The highest BCUT2D eigenvalue weighted by atomic mass is 16.3. The molecule has 2 N–H and O–H groups in total. The summed E-state index contributed by atoms with van der Waals surface area (Å²) in [7, 11) is 0. The zero-order chi connectivity index (χ0) is 17.5. The second-order valence-corrected chi connectivity index (χ2v) is 6.61. The van der Waals surface area contributed by atoms with Gasteiger partial charge >= 0.3 is 0 Å². The number of hydrogen-bond acceptors (Lipinski definition) is 4. The summed E-state index contributed by atoms with van der Waals surface area (Å²) in [6, 6.07) is 14.0. The van der Waals surface area contributed by atoms with E-state index in [0.29, 0.717) is 5.56 Å². The fraction of sp³-hybridized carbons (Fsp3) is 0.400. The summed E-state index contributed by atoms with van der Waals surface area (Å²) in [5.41, 5.74) is 1.91. The predicted molar refractivity (Wildman–Crippen MR) is 97.3 cm³/mol. The van der Waals surface area contributed by atoms with Gasteiger partial charge in [0.05, 0.1) is 5.56 Å². The molecule has 2 atom stereocenters. The lowest BCUT2D eigenvalue weighted by Gasteiger charge is -2.18. The summed E-state index contributed by atoms with van der Waals surface area (Å²) in [6.45, 7) is 2.67. The van der Waals surface area contributed by atoms with Gasteiger partial charge in [0.15, 0.2) is 0 Å². The Labute approximate surface area is 148 Å². The maximum atomic E-state index is 12.3. The average molecular weight is 339 g/mol. The number of hydrogen-bond donors (Lipinski definition) is 2. The Morgan fingerprint density at radius 1 is 1.20 bits per heavy atom. The van der Waals surface area contributed by atoms with Crippen molar-refractivity contribution >= 4 is 5.91 Å². The number of pyridine rings is 1. The number of carbonyl (C=O) groups is 1. The highest BCUT2D eigenvalue weighted by molar-refractivity contribution is 5.94. The molecule has 2 heterocycles. The first-order valence-corrected chi connectivity index (χ1v) is 8.84. The number of benzene rings is 1. The number of amides is 1. The first-order chi connectivity index (χ1) is 12.3. The summed E-state index contributed by atoms with van der Waals surface area (Å²) in [6.07, 6.45) is 5.34. The van der Waals surface area contributed by atoms with Gasteiger partial charge in [-0.3, -0.25) is 9.78 Å². The molecule has 1 aliphatic rings. The van der Waals surface area contributed by atoms with E-state index < -0.39 is 0 Å². The smallest absolute Gasteiger partial charge is 0.253 e. The summed E-state index contributed by atoms with van der Waals surface area (Å²) in [5, 5.41) is 12.7. The minimum absolute atomic E-state index is 0.0190. The molecule has 1 aliphatic heterocycles. The molecular formula is C20H25N3O2. The molecule has 2 aromatic rings. The zero-order valence-corrected chi connectivity index (χ0v) is 14.3. The molecule has 1 aromatic carbocycles. The lowest BCUT2D eigenvalue weighted by molar-refractivity contribution is 0.0920. The van der Waals surface area contributed by atoms with E-state index in [1.54, 1.807) is 24.5 Å². The summed E-state index contributed by atoms with van der Waals surface area (Å²) in [5.74, 6) is -0.0416. The molecule has 5 nitrogen and oxygen atoms in total. The Balaban J connectivity index is 1.49. The van der Waals surface area contributed by atoms with E-state index in [9.17, 15) is 9.90 Å². The van der Waals surface area contributed by atoms with E-state index >= 15 is 0 Å². The molecule has 25 heavy (non-hydrogen) atoms. The summed E-state index contributed by atoms with van der Waals surface area (Å²) >= 11 is 0. The number of aromatic nitrogens is 1. The van der Waals surface area contributed by atoms with Crippen LogP contribution in [0.2, 0.25) is 0 Å². The molecule has 0 spiro atoms. The number of aliphatic hydroxyl groups is 1. The SMILES string of the molecule is O=C(N[C@@H]1CN(CCCc2ccccc2)C[C@H]1CO)c1cccnc1. The van der Waals surface area contributed by atoms with E-state index in [4.69, 9.17) is 0 Å². The van der Waals surface area contributed by atoms with E-state index in [1.165, 1.54) is 5.56 Å². The number of nitrogens with one attached hydrogen (secondary N) is 1. The van der Waals surface area contributed by atoms with Crippen LogP contribution in [0.4, 0.5) is 0 Å². The van der Waals surface area contributed by atoms with Gasteiger partial charge < -0.3 is 15.3 Å². The maximum Gasteiger partial charge on any atom is 0.253 e. The van der Waals surface area contributed by atoms with Crippen LogP contribution >= 0.6 is 0 Å². The van der Waals surface area contributed by atoms with Crippen molar-refractivity contribution in [2.75, 3.05) is 26.2 Å². The van der Waals surface area contributed by atoms with Crippen molar-refractivity contribution in [2.45, 2.75) is 18.9 Å². The average Bonchev–Trinajstić information content (AvgIpc) is 3.05. The molecule has 1 fully saturated rings. The number of carbonyl (C=O) groups excluding carboxylic acids is 1. The molecule has 1 aromatic heterocycles. The van der Waals surface area contributed by atoms with Gasteiger partial charge in [-0.15, -0.1) is 0 Å². The van der Waals surface area contributed by atoms with Crippen molar-refractivity contribution in [3.8, 4) is 0 Å². The third-order valence-electron chi connectivity index (χ3n) is 4.77. The Morgan fingerprint density at radius 3 is 2.76 bits per heavy atom. The molecule has 3 rings (SSSR count). The lowest BCUT2D eigenvalue weighted by Crippen LogP contribution is -2.41. The zero-order valence-electron chi connectivity index (χ0n) is 14.3. The fourth-order valence-corrected chi connectivity index (χ4v) is 3.39. The quantitative estimate of drug-likeness (QED) is 0.806. The molecule has 0 saturated carbocycles. The van der Waals surface area contributed by atoms with Gasteiger partial charge in [-0.05, 0) is 37.1 Å². The van der Waals surface area contributed by atoms with Crippen LogP contribution in [0.25, 0.3) is 0 Å². The standard InChI is InChI=1S/C20H25N3O2/c24-15-18-13-23(11-5-8-16-6-2-1-3-7-16)14-19(18)22-20(25)17-9-4-10-21-12-17/h1-4,6-7,9-10,12,18-19,24H,5,8,11,13-15H2,(H,22,25)/t18-,19+/m0/s1. The molecule has 132 valence electrons. The first kappa shape index (κ1) is 17.6. The van der Waals surface area contributed by atoms with Crippen LogP contribution in [0, 0.1) is 5.92 Å². The summed E-state index contributed by atoms with van der Waals surface area (Å²) < 4.78 is 0. The largest absolute Gasteiger partial charge is 0.396 e. The minimum Gasteiger partial charge on any atom is -0.396 e. The molecule has 0 bridgehead atoms. The number of likely N-dealkylation sites (tertiary alicyclic amines) is 1. The maximum absolute atomic E-state index is 12.3. The third kappa shape index (κ3) is 4.87. The number of nitrogens with zero attached hydrogens (tertiary/aromatic N) is 2. The van der Waals surface area contributed by atoms with Crippen molar-refractivity contribution < 1.29 is 9.90 Å². The van der Waals surface area contributed by atoms with Crippen molar-refractivity contribution in [3.05, 3.63) is 66.0 Å². The van der Waals surface area contributed by atoms with E-state index in [0.717, 1.165) is 32.5 Å². The van der Waals surface area contributed by atoms with Crippen LogP contribution in [0.3, 0.4) is 0 Å². The molecule has 0 radical (unpaired) electrons. The Morgan fingerprint density at radius 2 is 2.04 bits per heavy atom. The number of aliphatic hydroxyl groups excluding tert-OH is 1. The first-order valence-electron chi connectivity index (χ1n) is 8.84. The van der Waals surface area contributed by atoms with Gasteiger partial charge in [0.25, 0.3) is 5.91 Å². The van der Waals surface area contributed by atoms with Crippen LogP contribution in [-0.2, 0) is 6.42 Å². The number of rotatable bonds is 7. The van der Waals surface area contributed by atoms with Gasteiger partial charge in [0, 0.05) is 44.0 Å². The number of aryl methyl sites for hydroxylation is 1. The Bertz CT molecular complexity index is 663.